The number of carbonyl (C=O) groups excluding carboxylic acids is 1. The number of nitrogens with one attached hydrogen (secondary N) is 1. The van der Waals surface area contributed by atoms with E-state index < -0.39 is 6.17 Å². The second-order valence-electron chi connectivity index (χ2n) is 10.5. The van der Waals surface area contributed by atoms with Gasteiger partial charge in [-0.05, 0) is 74.8 Å². The van der Waals surface area contributed by atoms with Crippen LogP contribution in [0.5, 0.6) is 0 Å². The smallest absolute Gasteiger partial charge is 0.262 e. The van der Waals surface area contributed by atoms with Crippen molar-refractivity contribution in [1.29, 1.82) is 0 Å². The van der Waals surface area contributed by atoms with Crippen molar-refractivity contribution in [3.05, 3.63) is 63.4 Å². The molecule has 1 aromatic heterocycles. The van der Waals surface area contributed by atoms with Gasteiger partial charge in [0.1, 0.15) is 18.5 Å². The molecule has 2 fully saturated rings. The number of alkyl halides is 1. The first-order chi connectivity index (χ1) is 17.3. The fourth-order valence-corrected chi connectivity index (χ4v) is 5.66. The van der Waals surface area contributed by atoms with Crippen LogP contribution in [-0.4, -0.2) is 52.2 Å². The number of benzene rings is 2. The third-order valence-corrected chi connectivity index (χ3v) is 7.49. The minimum Gasteiger partial charge on any atom is -0.352 e. The van der Waals surface area contributed by atoms with Crippen LogP contribution in [-0.2, 0) is 11.3 Å². The quantitative estimate of drug-likeness (QED) is 0.497. The van der Waals surface area contributed by atoms with Gasteiger partial charge in [0, 0.05) is 36.3 Å². The molecule has 0 spiro atoms. The van der Waals surface area contributed by atoms with Crippen molar-refractivity contribution in [3.63, 3.8) is 0 Å². The molecule has 1 aliphatic carbocycles. The van der Waals surface area contributed by atoms with Crippen LogP contribution in [0.15, 0.2) is 47.3 Å². The molecule has 5 rings (SSSR count). The first-order valence-corrected chi connectivity index (χ1v) is 13.1. The maximum Gasteiger partial charge on any atom is 0.262 e. The van der Waals surface area contributed by atoms with Crippen LogP contribution < -0.4 is 10.9 Å². The van der Waals surface area contributed by atoms with Crippen LogP contribution in [0.3, 0.4) is 0 Å². The van der Waals surface area contributed by atoms with Crippen molar-refractivity contribution in [2.24, 2.45) is 5.92 Å². The highest BCUT2D eigenvalue weighted by Gasteiger charge is 2.33. The molecule has 1 atom stereocenters. The first-order valence-electron chi connectivity index (χ1n) is 12.7. The third kappa shape index (κ3) is 5.32. The summed E-state index contributed by atoms with van der Waals surface area (Å²) in [5.41, 5.74) is 2.16. The van der Waals surface area contributed by atoms with E-state index >= 15 is 0 Å². The van der Waals surface area contributed by atoms with Crippen molar-refractivity contribution >= 4 is 28.4 Å². The minimum absolute atomic E-state index is 0.0363. The summed E-state index contributed by atoms with van der Waals surface area (Å²) in [7, 11) is 0. The van der Waals surface area contributed by atoms with Gasteiger partial charge >= 0.3 is 0 Å². The van der Waals surface area contributed by atoms with Crippen LogP contribution in [0.4, 0.5) is 4.39 Å². The van der Waals surface area contributed by atoms with Gasteiger partial charge in [0.15, 0.2) is 0 Å². The highest BCUT2D eigenvalue weighted by molar-refractivity contribution is 6.30. The maximum atomic E-state index is 13.7. The van der Waals surface area contributed by atoms with E-state index in [-0.39, 0.29) is 24.1 Å². The van der Waals surface area contributed by atoms with Gasteiger partial charge in [0.05, 0.1) is 10.9 Å². The SMILES string of the molecule is CC(C)NC(=O)Cn1c(-c2cccc(Cl)c2)nc2ccc(C3CC(CN4CC[C@H](F)C4)C3)cc2c1=O. The molecule has 1 amide bonds. The van der Waals surface area contributed by atoms with Crippen LogP contribution in [0.2, 0.25) is 5.02 Å². The Balaban J connectivity index is 1.44. The molecular weight excluding hydrogens is 479 g/mol. The van der Waals surface area contributed by atoms with E-state index in [1.165, 1.54) is 4.57 Å². The summed E-state index contributed by atoms with van der Waals surface area (Å²) in [4.78, 5) is 33.4. The summed E-state index contributed by atoms with van der Waals surface area (Å²) in [6.45, 7) is 6.00. The highest BCUT2D eigenvalue weighted by Crippen LogP contribution is 2.42. The molecule has 0 unspecified atom stereocenters. The molecule has 2 heterocycles. The Morgan fingerprint density at radius 2 is 2.03 bits per heavy atom. The molecule has 1 N–H and O–H groups in total. The summed E-state index contributed by atoms with van der Waals surface area (Å²) in [5.74, 6) is 1.12. The van der Waals surface area contributed by atoms with Gasteiger partial charge in [0.2, 0.25) is 5.91 Å². The molecule has 1 aliphatic heterocycles. The lowest BCUT2D eigenvalue weighted by atomic mass is 9.71. The number of rotatable bonds is 7. The topological polar surface area (TPSA) is 67.2 Å². The molecule has 0 radical (unpaired) electrons. The van der Waals surface area contributed by atoms with E-state index in [0.29, 0.717) is 52.1 Å². The predicted molar refractivity (Wildman–Crippen MR) is 141 cm³/mol. The Kier molecular flexibility index (Phi) is 7.13. The Bertz CT molecular complexity index is 1330. The molecule has 1 saturated carbocycles. The second-order valence-corrected chi connectivity index (χ2v) is 11.0. The number of likely N-dealkylation sites (tertiary alicyclic amines) is 1. The molecule has 6 nitrogen and oxygen atoms in total. The number of hydrogen-bond donors (Lipinski definition) is 1. The number of hydrogen-bond acceptors (Lipinski definition) is 4. The lowest BCUT2D eigenvalue weighted by Crippen LogP contribution is -2.37. The number of amides is 1. The Morgan fingerprint density at radius 1 is 1.22 bits per heavy atom. The van der Waals surface area contributed by atoms with Crippen molar-refractivity contribution in [3.8, 4) is 11.4 Å². The van der Waals surface area contributed by atoms with Crippen molar-refractivity contribution in [2.75, 3.05) is 19.6 Å². The zero-order valence-corrected chi connectivity index (χ0v) is 21.5. The van der Waals surface area contributed by atoms with E-state index in [0.717, 1.165) is 31.5 Å². The summed E-state index contributed by atoms with van der Waals surface area (Å²) in [5, 5.41) is 3.91. The molecule has 3 aromatic rings. The Hall–Kier alpha value is -2.77. The second kappa shape index (κ2) is 10.3. The van der Waals surface area contributed by atoms with Gasteiger partial charge < -0.3 is 10.2 Å². The van der Waals surface area contributed by atoms with Crippen LogP contribution in [0, 0.1) is 5.92 Å². The van der Waals surface area contributed by atoms with Crippen LogP contribution in [0.1, 0.15) is 44.6 Å². The number of fused-ring (bicyclic) bond motifs is 1. The van der Waals surface area contributed by atoms with E-state index in [1.807, 2.05) is 32.0 Å². The minimum atomic E-state index is -0.685. The lowest BCUT2D eigenvalue weighted by Gasteiger charge is -2.38. The molecular formula is C28H32ClFN4O2. The maximum absolute atomic E-state index is 13.7. The fourth-order valence-electron chi connectivity index (χ4n) is 5.47. The van der Waals surface area contributed by atoms with Gasteiger partial charge in [-0.25, -0.2) is 9.37 Å². The first kappa shape index (κ1) is 24.9. The molecule has 8 heteroatoms. The average Bonchev–Trinajstić information content (AvgIpc) is 3.22. The fraction of sp³-hybridized carbons (Fsp3) is 0.464. The average molecular weight is 511 g/mol. The third-order valence-electron chi connectivity index (χ3n) is 7.25. The Labute approximate surface area is 215 Å². The van der Waals surface area contributed by atoms with Crippen LogP contribution in [0.25, 0.3) is 22.3 Å². The van der Waals surface area contributed by atoms with Crippen molar-refractivity contribution < 1.29 is 9.18 Å². The van der Waals surface area contributed by atoms with E-state index in [2.05, 4.69) is 16.3 Å². The van der Waals surface area contributed by atoms with E-state index in [9.17, 15) is 14.0 Å². The number of carbonyl (C=O) groups is 1. The summed E-state index contributed by atoms with van der Waals surface area (Å²) in [6, 6.07) is 13.0. The van der Waals surface area contributed by atoms with E-state index in [1.54, 1.807) is 18.2 Å². The van der Waals surface area contributed by atoms with Gasteiger partial charge in [-0.1, -0.05) is 29.8 Å². The monoisotopic (exact) mass is 510 g/mol. The molecule has 1 saturated heterocycles. The van der Waals surface area contributed by atoms with Gasteiger partial charge in [-0.2, -0.15) is 0 Å². The number of aromatic nitrogens is 2. The molecule has 2 aromatic carbocycles. The van der Waals surface area contributed by atoms with Crippen LogP contribution >= 0.6 is 11.6 Å². The van der Waals surface area contributed by atoms with Gasteiger partial charge in [-0.3, -0.25) is 14.2 Å². The number of nitrogens with zero attached hydrogens (tertiary/aromatic N) is 3. The molecule has 2 aliphatic rings. The molecule has 0 bridgehead atoms. The van der Waals surface area contributed by atoms with Gasteiger partial charge in [0.25, 0.3) is 5.56 Å². The normalized spacial score (nSPS) is 22.2. The lowest BCUT2D eigenvalue weighted by molar-refractivity contribution is -0.122. The predicted octanol–water partition coefficient (Wildman–Crippen LogP) is 4.78. The molecule has 190 valence electrons. The summed E-state index contributed by atoms with van der Waals surface area (Å²) in [6.07, 6.45) is 2.04. The van der Waals surface area contributed by atoms with Crippen molar-refractivity contribution in [1.82, 2.24) is 19.8 Å². The Morgan fingerprint density at radius 3 is 2.72 bits per heavy atom. The zero-order chi connectivity index (χ0) is 25.4. The van der Waals surface area contributed by atoms with E-state index in [4.69, 9.17) is 16.6 Å². The summed E-state index contributed by atoms with van der Waals surface area (Å²) < 4.78 is 14.9. The zero-order valence-electron chi connectivity index (χ0n) is 20.7. The highest BCUT2D eigenvalue weighted by atomic mass is 35.5. The largest absolute Gasteiger partial charge is 0.352 e. The number of halogens is 2. The van der Waals surface area contributed by atoms with Gasteiger partial charge in [-0.15, -0.1) is 0 Å². The standard InChI is InChI=1S/C28H32ClFN4O2/c1-17(2)31-26(35)16-34-27(20-4-3-5-22(29)12-20)32-25-7-6-19(13-24(25)28(34)36)21-10-18(11-21)14-33-9-8-23(30)15-33/h3-7,12-13,17-18,21,23H,8-11,14-16H2,1-2H3,(H,31,35)/t18?,21?,23-/m0/s1. The molecule has 36 heavy (non-hydrogen) atoms. The van der Waals surface area contributed by atoms with Crippen molar-refractivity contribution in [2.45, 2.75) is 57.8 Å². The summed E-state index contributed by atoms with van der Waals surface area (Å²) >= 11 is 6.21.